The number of thioether (sulfide) groups is 1. The van der Waals surface area contributed by atoms with Gasteiger partial charge < -0.3 is 9.73 Å². The number of hydrogen-bond acceptors (Lipinski definition) is 5. The van der Waals surface area contributed by atoms with Gasteiger partial charge in [-0.05, 0) is 48.4 Å². The molecule has 0 unspecified atom stereocenters. The van der Waals surface area contributed by atoms with Crippen LogP contribution in [-0.2, 0) is 17.1 Å². The third kappa shape index (κ3) is 4.38. The van der Waals surface area contributed by atoms with Crippen LogP contribution in [0.15, 0.2) is 70.6 Å². The molecular weight excluding hydrogens is 403 g/mol. The van der Waals surface area contributed by atoms with Gasteiger partial charge in [-0.2, -0.15) is 0 Å². The summed E-state index contributed by atoms with van der Waals surface area (Å²) in [6, 6.07) is 13.2. The van der Waals surface area contributed by atoms with Crippen molar-refractivity contribution in [1.82, 2.24) is 19.9 Å². The maximum absolute atomic E-state index is 13.2. The molecular formula is C22H21FN4O2S. The number of aromatic nitrogens is 3. The maximum atomic E-state index is 13.2. The summed E-state index contributed by atoms with van der Waals surface area (Å²) in [4.78, 5) is 22.2. The van der Waals surface area contributed by atoms with E-state index in [0.29, 0.717) is 35.3 Å². The molecule has 0 aliphatic rings. The summed E-state index contributed by atoms with van der Waals surface area (Å²) in [6.45, 7) is 2.28. The molecule has 4 rings (SSSR count). The fourth-order valence-corrected chi connectivity index (χ4v) is 4.21. The SMILES string of the molecule is CC[C@@H](C(=O)NCc1ccco1)n1c(SCc2ccc(F)cc2)nc2cccnc21. The van der Waals surface area contributed by atoms with Crippen molar-refractivity contribution in [2.75, 3.05) is 0 Å². The van der Waals surface area contributed by atoms with Crippen molar-refractivity contribution >= 4 is 28.8 Å². The number of fused-ring (bicyclic) bond motifs is 1. The minimum atomic E-state index is -0.462. The minimum absolute atomic E-state index is 0.123. The summed E-state index contributed by atoms with van der Waals surface area (Å²) in [7, 11) is 0. The van der Waals surface area contributed by atoms with Crippen LogP contribution in [0.25, 0.3) is 11.2 Å². The van der Waals surface area contributed by atoms with E-state index in [0.717, 1.165) is 11.1 Å². The number of pyridine rings is 1. The number of nitrogens with one attached hydrogen (secondary N) is 1. The normalized spacial score (nSPS) is 12.2. The Labute approximate surface area is 177 Å². The van der Waals surface area contributed by atoms with Crippen molar-refractivity contribution in [2.24, 2.45) is 0 Å². The van der Waals surface area contributed by atoms with Crippen LogP contribution in [0.5, 0.6) is 0 Å². The second-order valence-corrected chi connectivity index (χ2v) is 7.69. The summed E-state index contributed by atoms with van der Waals surface area (Å²) in [6.07, 6.45) is 3.86. The molecule has 1 atom stereocenters. The van der Waals surface area contributed by atoms with E-state index in [2.05, 4.69) is 10.3 Å². The van der Waals surface area contributed by atoms with Crippen LogP contribution in [0.2, 0.25) is 0 Å². The van der Waals surface area contributed by atoms with E-state index in [1.54, 1.807) is 30.7 Å². The number of hydrogen-bond donors (Lipinski definition) is 1. The molecule has 30 heavy (non-hydrogen) atoms. The van der Waals surface area contributed by atoms with Gasteiger partial charge in [0, 0.05) is 11.9 Å². The van der Waals surface area contributed by atoms with Crippen LogP contribution in [0.3, 0.4) is 0 Å². The Morgan fingerprint density at radius 1 is 1.23 bits per heavy atom. The molecule has 6 nitrogen and oxygen atoms in total. The first-order chi connectivity index (χ1) is 14.7. The summed E-state index contributed by atoms with van der Waals surface area (Å²) in [5.41, 5.74) is 2.37. The zero-order chi connectivity index (χ0) is 20.9. The summed E-state index contributed by atoms with van der Waals surface area (Å²) in [5.74, 6) is 0.910. The number of amides is 1. The molecule has 1 amide bonds. The van der Waals surface area contributed by atoms with Gasteiger partial charge in [-0.25, -0.2) is 14.4 Å². The van der Waals surface area contributed by atoms with Gasteiger partial charge in [0.05, 0.1) is 12.8 Å². The molecule has 1 aromatic carbocycles. The van der Waals surface area contributed by atoms with Gasteiger partial charge >= 0.3 is 0 Å². The fraction of sp³-hybridized carbons (Fsp3) is 0.227. The first kappa shape index (κ1) is 20.2. The topological polar surface area (TPSA) is 73.0 Å². The number of furan rings is 1. The third-order valence-corrected chi connectivity index (χ3v) is 5.74. The van der Waals surface area contributed by atoms with Crippen LogP contribution in [-0.4, -0.2) is 20.4 Å². The number of rotatable bonds is 8. The summed E-state index contributed by atoms with van der Waals surface area (Å²) >= 11 is 1.50. The zero-order valence-electron chi connectivity index (χ0n) is 16.4. The van der Waals surface area contributed by atoms with E-state index in [1.165, 1.54) is 23.9 Å². The van der Waals surface area contributed by atoms with Crippen LogP contribution in [0, 0.1) is 5.82 Å². The van der Waals surface area contributed by atoms with Gasteiger partial charge in [0.1, 0.15) is 23.1 Å². The molecule has 0 fully saturated rings. The molecule has 1 N–H and O–H groups in total. The van der Waals surface area contributed by atoms with Crippen molar-refractivity contribution in [1.29, 1.82) is 0 Å². The Balaban J connectivity index is 1.60. The minimum Gasteiger partial charge on any atom is -0.467 e. The van der Waals surface area contributed by atoms with E-state index in [4.69, 9.17) is 9.40 Å². The molecule has 0 saturated carbocycles. The van der Waals surface area contributed by atoms with Crippen LogP contribution < -0.4 is 5.32 Å². The number of carbonyl (C=O) groups is 1. The Morgan fingerprint density at radius 3 is 2.80 bits per heavy atom. The molecule has 0 aliphatic heterocycles. The number of benzene rings is 1. The second kappa shape index (κ2) is 9.13. The lowest BCUT2D eigenvalue weighted by Crippen LogP contribution is -2.32. The molecule has 0 radical (unpaired) electrons. The smallest absolute Gasteiger partial charge is 0.243 e. The monoisotopic (exact) mass is 424 g/mol. The zero-order valence-corrected chi connectivity index (χ0v) is 17.2. The first-order valence-electron chi connectivity index (χ1n) is 9.66. The van der Waals surface area contributed by atoms with Crippen molar-refractivity contribution in [2.45, 2.75) is 36.8 Å². The largest absolute Gasteiger partial charge is 0.467 e. The van der Waals surface area contributed by atoms with Gasteiger partial charge in [-0.1, -0.05) is 30.8 Å². The van der Waals surface area contributed by atoms with Crippen molar-refractivity contribution in [3.63, 3.8) is 0 Å². The van der Waals surface area contributed by atoms with Crippen molar-refractivity contribution in [3.8, 4) is 0 Å². The van der Waals surface area contributed by atoms with E-state index < -0.39 is 6.04 Å². The number of carbonyl (C=O) groups excluding carboxylic acids is 1. The lowest BCUT2D eigenvalue weighted by atomic mass is 10.2. The average Bonchev–Trinajstić information content (AvgIpc) is 3.41. The van der Waals surface area contributed by atoms with E-state index in [9.17, 15) is 9.18 Å². The van der Waals surface area contributed by atoms with Crippen molar-refractivity contribution in [3.05, 3.63) is 78.1 Å². The van der Waals surface area contributed by atoms with Gasteiger partial charge in [-0.3, -0.25) is 9.36 Å². The maximum Gasteiger partial charge on any atom is 0.243 e. The third-order valence-electron chi connectivity index (χ3n) is 4.72. The van der Waals surface area contributed by atoms with Gasteiger partial charge in [-0.15, -0.1) is 0 Å². The lowest BCUT2D eigenvalue weighted by molar-refractivity contribution is -0.124. The second-order valence-electron chi connectivity index (χ2n) is 6.75. The highest BCUT2D eigenvalue weighted by Crippen LogP contribution is 2.30. The predicted molar refractivity (Wildman–Crippen MR) is 113 cm³/mol. The van der Waals surface area contributed by atoms with E-state index in [-0.39, 0.29) is 11.7 Å². The van der Waals surface area contributed by atoms with E-state index >= 15 is 0 Å². The Morgan fingerprint density at radius 2 is 2.07 bits per heavy atom. The standard InChI is InChI=1S/C22H21FN4O2S/c1-2-19(21(28)25-13-17-5-4-12-29-17)27-20-18(6-3-11-24-20)26-22(27)30-14-15-7-9-16(23)10-8-15/h3-12,19H,2,13-14H2,1H3,(H,25,28)/t19-/m0/s1. The van der Waals surface area contributed by atoms with Crippen LogP contribution in [0.1, 0.15) is 30.7 Å². The molecule has 0 spiro atoms. The molecule has 3 aromatic heterocycles. The lowest BCUT2D eigenvalue weighted by Gasteiger charge is -2.19. The number of imidazole rings is 1. The van der Waals surface area contributed by atoms with Crippen LogP contribution in [0.4, 0.5) is 4.39 Å². The van der Waals surface area contributed by atoms with E-state index in [1.807, 2.05) is 29.7 Å². The highest BCUT2D eigenvalue weighted by Gasteiger charge is 2.25. The number of nitrogens with zero attached hydrogens (tertiary/aromatic N) is 3. The quantitative estimate of drug-likeness (QED) is 0.414. The van der Waals surface area contributed by atoms with Crippen molar-refractivity contribution < 1.29 is 13.6 Å². The van der Waals surface area contributed by atoms with Gasteiger partial charge in [0.2, 0.25) is 5.91 Å². The molecule has 0 saturated heterocycles. The first-order valence-corrected chi connectivity index (χ1v) is 10.6. The Bertz CT molecular complexity index is 1130. The highest BCUT2D eigenvalue weighted by molar-refractivity contribution is 7.98. The molecule has 0 aliphatic carbocycles. The Kier molecular flexibility index (Phi) is 6.13. The molecule has 154 valence electrons. The number of halogens is 1. The summed E-state index contributed by atoms with van der Waals surface area (Å²) in [5, 5.41) is 3.64. The predicted octanol–water partition coefficient (Wildman–Crippen LogP) is 4.72. The molecule has 8 heteroatoms. The Hall–Kier alpha value is -3.13. The van der Waals surface area contributed by atoms with Gasteiger partial charge in [0.15, 0.2) is 10.8 Å². The van der Waals surface area contributed by atoms with Crippen LogP contribution >= 0.6 is 11.8 Å². The molecule has 3 heterocycles. The molecule has 0 bridgehead atoms. The highest BCUT2D eigenvalue weighted by atomic mass is 32.2. The molecule has 4 aromatic rings. The average molecular weight is 425 g/mol. The van der Waals surface area contributed by atoms with Gasteiger partial charge in [0.25, 0.3) is 0 Å². The fourth-order valence-electron chi connectivity index (χ4n) is 3.21. The summed E-state index contributed by atoms with van der Waals surface area (Å²) < 4.78 is 20.4.